The first-order valence-corrected chi connectivity index (χ1v) is 57.5. The Balaban J connectivity index is 0.000000163. The zero-order valence-corrected chi connectivity index (χ0v) is 91.8. The minimum Gasteiger partial charge on any atom is -0.468 e. The molecular formula is C110H210F7N19O4. The summed E-state index contributed by atoms with van der Waals surface area (Å²) in [6.45, 7) is 38.7. The van der Waals surface area contributed by atoms with E-state index in [9.17, 15) is 40.3 Å². The lowest BCUT2D eigenvalue weighted by molar-refractivity contribution is -0.150. The van der Waals surface area contributed by atoms with Gasteiger partial charge >= 0.3 is 18.3 Å². The Morgan fingerprint density at radius 3 is 0.864 bits per heavy atom. The summed E-state index contributed by atoms with van der Waals surface area (Å²) >= 11 is 0. The van der Waals surface area contributed by atoms with E-state index in [-0.39, 0.29) is 31.1 Å². The number of hydrogen-bond donors (Lipinski definition) is 1. The molecule has 1 N–H and O–H groups in total. The van der Waals surface area contributed by atoms with Gasteiger partial charge in [0, 0.05) is 95.2 Å². The highest BCUT2D eigenvalue weighted by Crippen LogP contribution is 2.40. The van der Waals surface area contributed by atoms with Gasteiger partial charge in [0.25, 0.3) is 0 Å². The Morgan fingerprint density at radius 2 is 0.579 bits per heavy atom. The predicted molar refractivity (Wildman–Crippen MR) is 562 cm³/mol. The van der Waals surface area contributed by atoms with Crippen LogP contribution < -0.4 is 5.32 Å². The number of halogens is 7. The second-order valence-electron chi connectivity index (χ2n) is 47.3. The van der Waals surface area contributed by atoms with Crippen LogP contribution in [-0.2, 0) is 19.1 Å². The van der Waals surface area contributed by atoms with Crippen molar-refractivity contribution < 1.29 is 49.8 Å². The predicted octanol–water partition coefficient (Wildman–Crippen LogP) is 14.5. The molecule has 0 aromatic carbocycles. The standard InChI is InChI=1S/C14H27N3O.C13H23F3N2.C13H24N2O2.C13H26N2O.C12H21F3N2.C12H23FN2.C12H24N2.C11H22N2.C10H20N2/c1-15(2)14(18)11-17-8-4-5-13(17)12-6-9-16(3)10-7-12;1-17-8-4-11(5-9-17)12-3-2-7-18(12)10-6-13(14,15)16;1-14-8-5-11(6-9-14)12-4-3-7-15(12)10-13(16)17-2;1-14-8-5-12(6-9-14)13-4-3-7-15(13)10-11-16-2;1-16-7-4-10(5-8-16)11-3-2-6-17(11)9-12(13,14)15;1-14-8-4-11(5-9-14)12-3-2-7-15(12)10-6-13;1-3-14-8-4-5-12(14)11-6-9-13(2)10-7-11;1-12-8-5-10(6-9-12)11-4-3-7-13(11)2;1-12-7-4-9(5-8-12)10-3-2-6-11-10/h12-13H,4-11H2,1-3H3;11-12H,2-10H2,1H3;11-12H,3-10H2,1-2H3;12-13H,3-11H2,1-2H3;10-11H,2-9H2,1H3;11-12H,2-10H2,1H3;11-12H,3-10H2,1-2H3;10-11H,3-9H2,1-2H3;9-11H,2-8H2,1H3/t13-;2*12-;13-;11-;2*12-;;/m0000000../s1. The fraction of sp³-hybridized carbons (Fsp3) is 0.982. The van der Waals surface area contributed by atoms with Crippen LogP contribution in [-0.4, -0.2) is 501 Å². The number of ether oxygens (including phenoxy) is 2. The van der Waals surface area contributed by atoms with Gasteiger partial charge in [-0.15, -0.1) is 0 Å². The van der Waals surface area contributed by atoms with Gasteiger partial charge in [0.15, 0.2) is 0 Å². The first-order valence-electron chi connectivity index (χ1n) is 57.5. The fourth-order valence-corrected chi connectivity index (χ4v) is 28.3. The molecule has 18 aliphatic heterocycles. The number of carbonyl (C=O) groups is 2. The Morgan fingerprint density at radius 1 is 0.307 bits per heavy atom. The number of alkyl halides is 7. The molecule has 0 saturated carbocycles. The maximum atomic E-state index is 12.5. The summed E-state index contributed by atoms with van der Waals surface area (Å²) in [5.74, 6) is 7.54. The Hall–Kier alpha value is -2.31. The molecule has 818 valence electrons. The highest BCUT2D eigenvalue weighted by atomic mass is 19.4. The van der Waals surface area contributed by atoms with Gasteiger partial charge < -0.3 is 73.6 Å². The monoisotopic (exact) mass is 1990 g/mol. The molecule has 23 nitrogen and oxygen atoms in total. The summed E-state index contributed by atoms with van der Waals surface area (Å²) in [6.07, 6.45) is 37.8. The number of esters is 1. The largest absolute Gasteiger partial charge is 0.468 e. The van der Waals surface area contributed by atoms with Gasteiger partial charge in [-0.25, -0.2) is 4.39 Å². The molecule has 18 aliphatic rings. The highest BCUT2D eigenvalue weighted by Gasteiger charge is 2.44. The highest BCUT2D eigenvalue weighted by molar-refractivity contribution is 5.77. The lowest BCUT2D eigenvalue weighted by Crippen LogP contribution is -2.45. The molecule has 18 saturated heterocycles. The first kappa shape index (κ1) is 120. The van der Waals surface area contributed by atoms with Crippen molar-refractivity contribution in [2.75, 3.05) is 335 Å². The summed E-state index contributed by atoms with van der Waals surface area (Å²) < 4.78 is 96.6. The second kappa shape index (κ2) is 63.1. The molecule has 18 heterocycles. The quantitative estimate of drug-likeness (QED) is 0.0816. The topological polar surface area (TPSA) is 123 Å². The van der Waals surface area contributed by atoms with Gasteiger partial charge in [-0.2, -0.15) is 26.3 Å². The smallest absolute Gasteiger partial charge is 0.401 e. The third-order valence-corrected chi connectivity index (χ3v) is 37.2. The molecule has 0 bridgehead atoms. The SMILES string of the molecule is CCN1CCC[C@H]1C1CCN(C)CC1.CN1CCC(C2CCCN2)CC1.CN1CCC(C2CCCN2C)CC1.CN1CCC([C@@H]2CCCN2CC(=O)N(C)C)CC1.CN1CCC([C@@H]2CCCN2CC(F)(F)F)CC1.CN1CCC([C@@H]2CCCN2CCC(F)(F)F)CC1.CN1CCC([C@@H]2CCCN2CCF)CC1.COC(=O)CN1CCC[C@H]1C1CCN(C)CC1.COCCN1CCC[C@H]1C1CCN(C)CC1. The number of likely N-dealkylation sites (tertiary alicyclic amines) is 17. The van der Waals surface area contributed by atoms with E-state index < -0.39 is 25.3 Å². The second-order valence-corrected chi connectivity index (χ2v) is 47.3. The summed E-state index contributed by atoms with van der Waals surface area (Å²) in [7, 11) is 29.1. The Kier molecular flexibility index (Phi) is 53.9. The number of carbonyl (C=O) groups excluding carboxylic acids is 2. The van der Waals surface area contributed by atoms with Crippen LogP contribution in [0.4, 0.5) is 30.7 Å². The average Bonchev–Trinajstić information content (AvgIpc) is 1.72. The summed E-state index contributed by atoms with van der Waals surface area (Å²) in [5.41, 5.74) is 0. The maximum absolute atomic E-state index is 12.5. The molecule has 9 atom stereocenters. The van der Waals surface area contributed by atoms with Crippen molar-refractivity contribution in [1.29, 1.82) is 0 Å². The first-order chi connectivity index (χ1) is 67.2. The van der Waals surface area contributed by atoms with Crippen LogP contribution >= 0.6 is 0 Å². The number of likely N-dealkylation sites (N-methyl/N-ethyl adjacent to an activating group) is 1. The molecule has 140 heavy (non-hydrogen) atoms. The van der Waals surface area contributed by atoms with Crippen LogP contribution in [0.3, 0.4) is 0 Å². The third kappa shape index (κ3) is 41.1. The molecule has 30 heteroatoms. The lowest BCUT2D eigenvalue weighted by Gasteiger charge is -2.37. The van der Waals surface area contributed by atoms with E-state index in [1.54, 1.807) is 16.9 Å². The van der Waals surface area contributed by atoms with Crippen molar-refractivity contribution in [1.82, 2.24) is 93.5 Å². The number of nitrogens with one attached hydrogen (secondary N) is 1. The fourth-order valence-electron chi connectivity index (χ4n) is 28.3. The van der Waals surface area contributed by atoms with Crippen LogP contribution in [0, 0.1) is 53.3 Å². The average molecular weight is 2000 g/mol. The van der Waals surface area contributed by atoms with Gasteiger partial charge in [0.05, 0.1) is 39.8 Å². The van der Waals surface area contributed by atoms with Crippen LogP contribution in [0.5, 0.6) is 0 Å². The molecule has 0 radical (unpaired) electrons. The number of piperidine rings is 9. The maximum Gasteiger partial charge on any atom is 0.401 e. The Bertz CT molecular complexity index is 3240. The van der Waals surface area contributed by atoms with Gasteiger partial charge in [0.2, 0.25) is 5.91 Å². The summed E-state index contributed by atoms with van der Waals surface area (Å²) in [6, 6.07) is 6.08. The molecular weight excluding hydrogens is 1780 g/mol. The summed E-state index contributed by atoms with van der Waals surface area (Å²) in [5, 5.41) is 3.62. The number of nitrogens with zero attached hydrogens (tertiary/aromatic N) is 18. The zero-order chi connectivity index (χ0) is 101. The summed E-state index contributed by atoms with van der Waals surface area (Å²) in [4.78, 5) is 65.4. The number of hydrogen-bond acceptors (Lipinski definition) is 22. The van der Waals surface area contributed by atoms with E-state index in [1.165, 1.54) is 311 Å². The van der Waals surface area contributed by atoms with Gasteiger partial charge in [-0.05, 0) is 538 Å². The minimum atomic E-state index is -4.05. The number of methoxy groups -OCH3 is 2. The van der Waals surface area contributed by atoms with Crippen molar-refractivity contribution in [2.24, 2.45) is 53.3 Å². The van der Waals surface area contributed by atoms with E-state index in [0.29, 0.717) is 62.2 Å². The van der Waals surface area contributed by atoms with E-state index in [1.807, 2.05) is 14.1 Å². The zero-order valence-electron chi connectivity index (χ0n) is 91.8. The van der Waals surface area contributed by atoms with E-state index >= 15 is 0 Å². The molecule has 0 aliphatic carbocycles. The van der Waals surface area contributed by atoms with Crippen LogP contribution in [0.2, 0.25) is 0 Å². The van der Waals surface area contributed by atoms with E-state index in [0.717, 1.165) is 182 Å². The molecule has 2 unspecified atom stereocenters. The third-order valence-electron chi connectivity index (χ3n) is 37.2. The van der Waals surface area contributed by atoms with Crippen LogP contribution in [0.15, 0.2) is 0 Å². The van der Waals surface area contributed by atoms with Crippen molar-refractivity contribution in [2.45, 2.75) is 311 Å². The van der Waals surface area contributed by atoms with Crippen LogP contribution in [0.1, 0.15) is 244 Å². The van der Waals surface area contributed by atoms with Gasteiger partial charge in [0.1, 0.15) is 6.67 Å². The molecule has 0 aromatic rings. The lowest BCUT2D eigenvalue weighted by atomic mass is 9.88. The van der Waals surface area contributed by atoms with E-state index in [4.69, 9.17) is 9.47 Å². The number of amides is 1. The minimum absolute atomic E-state index is 0.0928. The number of rotatable bonds is 22. The van der Waals surface area contributed by atoms with Crippen molar-refractivity contribution in [3.05, 3.63) is 0 Å². The normalized spacial score (nSPS) is 30.5. The molecule has 0 spiro atoms. The van der Waals surface area contributed by atoms with Crippen molar-refractivity contribution >= 4 is 11.9 Å². The van der Waals surface area contributed by atoms with Gasteiger partial charge in [-0.3, -0.25) is 39.0 Å². The van der Waals surface area contributed by atoms with E-state index in [2.05, 4.69) is 161 Å². The van der Waals surface area contributed by atoms with Crippen molar-refractivity contribution in [3.63, 3.8) is 0 Å². The molecule has 18 fully saturated rings. The molecule has 1 amide bonds. The molecule has 18 rings (SSSR count). The molecule has 0 aromatic heterocycles. The van der Waals surface area contributed by atoms with Crippen molar-refractivity contribution in [3.8, 4) is 0 Å². The van der Waals surface area contributed by atoms with Gasteiger partial charge in [-0.1, -0.05) is 6.92 Å². The van der Waals surface area contributed by atoms with Crippen LogP contribution in [0.25, 0.3) is 0 Å². The Labute approximate surface area is 849 Å².